The number of anilines is 1. The Morgan fingerprint density at radius 2 is 2.11 bits per heavy atom. The molecule has 27 heavy (non-hydrogen) atoms. The first-order valence-corrected chi connectivity index (χ1v) is 9.28. The second-order valence-corrected chi connectivity index (χ2v) is 6.87. The second kappa shape index (κ2) is 9.63. The average Bonchev–Trinajstić information content (AvgIpc) is 2.61. The maximum absolute atomic E-state index is 12.3. The van der Waals surface area contributed by atoms with E-state index >= 15 is 0 Å². The molecule has 0 radical (unpaired) electrons. The molecule has 2 rings (SSSR count). The summed E-state index contributed by atoms with van der Waals surface area (Å²) >= 11 is 7.09. The van der Waals surface area contributed by atoms with Gasteiger partial charge < -0.3 is 19.9 Å². The highest BCUT2D eigenvalue weighted by molar-refractivity contribution is 7.99. The molecule has 1 amide bonds. The van der Waals surface area contributed by atoms with Crippen molar-refractivity contribution in [2.75, 3.05) is 31.9 Å². The number of methoxy groups -OCH3 is 2. The number of benzene rings is 1. The van der Waals surface area contributed by atoms with E-state index < -0.39 is 11.4 Å². The Kier molecular flexibility index (Phi) is 7.52. The number of halogens is 1. The molecule has 0 bridgehead atoms. The molecule has 8 nitrogen and oxygen atoms in total. The van der Waals surface area contributed by atoms with E-state index in [1.54, 1.807) is 12.1 Å². The lowest BCUT2D eigenvalue weighted by Gasteiger charge is -2.13. The van der Waals surface area contributed by atoms with E-state index in [0.29, 0.717) is 23.1 Å². The van der Waals surface area contributed by atoms with Crippen molar-refractivity contribution >= 4 is 35.0 Å². The summed E-state index contributed by atoms with van der Waals surface area (Å²) in [5.41, 5.74) is 0.867. The molecule has 0 spiro atoms. The number of aromatic nitrogens is 2. The van der Waals surface area contributed by atoms with Crippen molar-refractivity contribution in [3.63, 3.8) is 0 Å². The minimum Gasteiger partial charge on any atom is -0.495 e. The number of aromatic hydroxyl groups is 1. The number of aryl methyl sites for hydroxylation is 1. The molecule has 0 saturated carbocycles. The van der Waals surface area contributed by atoms with Crippen LogP contribution in [0.15, 0.2) is 28.2 Å². The molecule has 2 aromatic rings. The van der Waals surface area contributed by atoms with Gasteiger partial charge in [0, 0.05) is 18.2 Å². The molecule has 146 valence electrons. The van der Waals surface area contributed by atoms with Crippen LogP contribution in [0, 0.1) is 6.92 Å². The van der Waals surface area contributed by atoms with Crippen LogP contribution in [-0.2, 0) is 16.1 Å². The van der Waals surface area contributed by atoms with Crippen LogP contribution < -0.4 is 15.6 Å². The third-order valence-corrected chi connectivity index (χ3v) is 4.95. The quantitative estimate of drug-likeness (QED) is 0.505. The first-order valence-electron chi connectivity index (χ1n) is 7.92. The van der Waals surface area contributed by atoms with E-state index in [9.17, 15) is 14.7 Å². The standard InChI is InChI=1S/C17H20ClN3O5S/c1-10-6-12(13(26-3)7-11(10)18)19-15(23)9-27-17-20-14(22)8-16(24)21(17)4-5-25-2/h6-8,22H,4-5,9H2,1-3H3,(H,19,23). The summed E-state index contributed by atoms with van der Waals surface area (Å²) in [6, 6.07) is 4.35. The number of carbonyl (C=O) groups excluding carboxylic acids is 1. The first kappa shape index (κ1) is 21.1. The lowest BCUT2D eigenvalue weighted by atomic mass is 10.2. The maximum Gasteiger partial charge on any atom is 0.258 e. The molecule has 0 aliphatic heterocycles. The fourth-order valence-electron chi connectivity index (χ4n) is 2.22. The van der Waals surface area contributed by atoms with Gasteiger partial charge in [0.1, 0.15) is 5.75 Å². The highest BCUT2D eigenvalue weighted by Gasteiger charge is 2.14. The van der Waals surface area contributed by atoms with Crippen molar-refractivity contribution in [2.24, 2.45) is 0 Å². The molecular weight excluding hydrogens is 394 g/mol. The maximum atomic E-state index is 12.3. The van der Waals surface area contributed by atoms with Crippen molar-refractivity contribution in [3.05, 3.63) is 39.1 Å². The van der Waals surface area contributed by atoms with Crippen LogP contribution >= 0.6 is 23.4 Å². The van der Waals surface area contributed by atoms with Gasteiger partial charge in [0.15, 0.2) is 5.16 Å². The van der Waals surface area contributed by atoms with Crippen LogP contribution in [0.3, 0.4) is 0 Å². The topological polar surface area (TPSA) is 103 Å². The van der Waals surface area contributed by atoms with Gasteiger partial charge in [-0.2, -0.15) is 4.98 Å². The first-order chi connectivity index (χ1) is 12.8. The zero-order valence-corrected chi connectivity index (χ0v) is 16.7. The van der Waals surface area contributed by atoms with Crippen molar-refractivity contribution in [3.8, 4) is 11.6 Å². The minimum atomic E-state index is -0.419. The molecule has 0 atom stereocenters. The zero-order valence-electron chi connectivity index (χ0n) is 15.1. The Balaban J connectivity index is 2.12. The van der Waals surface area contributed by atoms with E-state index in [1.807, 2.05) is 6.92 Å². The summed E-state index contributed by atoms with van der Waals surface area (Å²) in [5.74, 6) is -0.299. The Morgan fingerprint density at radius 3 is 2.78 bits per heavy atom. The molecule has 0 fully saturated rings. The molecule has 0 unspecified atom stereocenters. The van der Waals surface area contributed by atoms with Gasteiger partial charge in [-0.15, -0.1) is 0 Å². The van der Waals surface area contributed by atoms with E-state index in [1.165, 1.54) is 18.8 Å². The smallest absolute Gasteiger partial charge is 0.258 e. The van der Waals surface area contributed by atoms with Crippen LogP contribution in [0.1, 0.15) is 5.56 Å². The van der Waals surface area contributed by atoms with Crippen LogP contribution in [0.25, 0.3) is 0 Å². The highest BCUT2D eigenvalue weighted by Crippen LogP contribution is 2.31. The monoisotopic (exact) mass is 413 g/mol. The Labute approximate surface area is 165 Å². The molecule has 1 aromatic heterocycles. The number of nitrogens with one attached hydrogen (secondary N) is 1. The van der Waals surface area contributed by atoms with Gasteiger partial charge in [-0.25, -0.2) is 0 Å². The van der Waals surface area contributed by atoms with Gasteiger partial charge in [0.25, 0.3) is 5.56 Å². The number of hydrogen-bond donors (Lipinski definition) is 2. The van der Waals surface area contributed by atoms with Gasteiger partial charge in [0.05, 0.1) is 37.8 Å². The zero-order chi connectivity index (χ0) is 20.0. The van der Waals surface area contributed by atoms with E-state index in [4.69, 9.17) is 21.1 Å². The van der Waals surface area contributed by atoms with Crippen molar-refractivity contribution in [2.45, 2.75) is 18.6 Å². The fraction of sp³-hybridized carbons (Fsp3) is 0.353. The summed E-state index contributed by atoms with van der Waals surface area (Å²) in [5, 5.41) is 13.1. The number of thioether (sulfide) groups is 1. The molecule has 1 heterocycles. The molecule has 1 aromatic carbocycles. The van der Waals surface area contributed by atoms with Crippen molar-refractivity contribution in [1.82, 2.24) is 9.55 Å². The summed E-state index contributed by atoms with van der Waals surface area (Å²) in [4.78, 5) is 28.3. The number of ether oxygens (including phenoxy) is 2. The van der Waals surface area contributed by atoms with Gasteiger partial charge in [-0.05, 0) is 18.6 Å². The lowest BCUT2D eigenvalue weighted by Crippen LogP contribution is -2.25. The third-order valence-electron chi connectivity index (χ3n) is 3.57. The Hall–Kier alpha value is -2.23. The predicted molar refractivity (Wildman–Crippen MR) is 104 cm³/mol. The normalized spacial score (nSPS) is 10.7. The Bertz CT molecular complexity index is 888. The van der Waals surface area contributed by atoms with E-state index in [0.717, 1.165) is 23.4 Å². The molecule has 0 aliphatic rings. The third kappa shape index (κ3) is 5.62. The van der Waals surface area contributed by atoms with Gasteiger partial charge in [0.2, 0.25) is 11.8 Å². The van der Waals surface area contributed by atoms with Gasteiger partial charge >= 0.3 is 0 Å². The van der Waals surface area contributed by atoms with Crippen LogP contribution in [0.2, 0.25) is 5.02 Å². The summed E-state index contributed by atoms with van der Waals surface area (Å²) < 4.78 is 11.5. The summed E-state index contributed by atoms with van der Waals surface area (Å²) in [6.45, 7) is 2.38. The fourth-order valence-corrected chi connectivity index (χ4v) is 3.20. The van der Waals surface area contributed by atoms with Gasteiger partial charge in [-0.3, -0.25) is 14.2 Å². The number of carbonyl (C=O) groups is 1. The van der Waals surface area contributed by atoms with Crippen LogP contribution in [0.5, 0.6) is 11.6 Å². The van der Waals surface area contributed by atoms with Crippen LogP contribution in [-0.4, -0.2) is 47.1 Å². The largest absolute Gasteiger partial charge is 0.495 e. The van der Waals surface area contributed by atoms with Crippen LogP contribution in [0.4, 0.5) is 5.69 Å². The number of hydrogen-bond acceptors (Lipinski definition) is 7. The summed E-state index contributed by atoms with van der Waals surface area (Å²) in [7, 11) is 3.00. The molecule has 10 heteroatoms. The highest BCUT2D eigenvalue weighted by atomic mass is 35.5. The van der Waals surface area contributed by atoms with E-state index in [2.05, 4.69) is 10.3 Å². The minimum absolute atomic E-state index is 0.0201. The SMILES string of the molecule is COCCn1c(SCC(=O)Nc2cc(C)c(Cl)cc2OC)nc(O)cc1=O. The predicted octanol–water partition coefficient (Wildman–Crippen LogP) is 2.30. The molecule has 0 saturated heterocycles. The number of amides is 1. The molecular formula is C17H20ClN3O5S. The second-order valence-electron chi connectivity index (χ2n) is 5.52. The van der Waals surface area contributed by atoms with E-state index in [-0.39, 0.29) is 23.4 Å². The van der Waals surface area contributed by atoms with Gasteiger partial charge in [-0.1, -0.05) is 23.4 Å². The lowest BCUT2D eigenvalue weighted by molar-refractivity contribution is -0.113. The Morgan fingerprint density at radius 1 is 1.37 bits per heavy atom. The number of nitrogens with zero attached hydrogens (tertiary/aromatic N) is 2. The average molecular weight is 414 g/mol. The van der Waals surface area contributed by atoms with Crippen molar-refractivity contribution < 1.29 is 19.4 Å². The molecule has 2 N–H and O–H groups in total. The summed E-state index contributed by atoms with van der Waals surface area (Å²) in [6.07, 6.45) is 0. The van der Waals surface area contributed by atoms with Crippen molar-refractivity contribution in [1.29, 1.82) is 0 Å². The number of rotatable bonds is 8. The molecule has 0 aliphatic carbocycles.